The fraction of sp³-hybridized carbons (Fsp3) is 0.833. The first-order valence-corrected chi connectivity index (χ1v) is 5.94. The van der Waals surface area contributed by atoms with Crippen molar-refractivity contribution in [3.63, 3.8) is 0 Å². The van der Waals surface area contributed by atoms with Gasteiger partial charge in [-0.05, 0) is 31.6 Å². The summed E-state index contributed by atoms with van der Waals surface area (Å²) in [5.74, 6) is -0.665. The summed E-state index contributed by atoms with van der Waals surface area (Å²) in [7, 11) is 0. The summed E-state index contributed by atoms with van der Waals surface area (Å²) in [4.78, 5) is 22.9. The zero-order chi connectivity index (χ0) is 12.3. The second kappa shape index (κ2) is 4.85. The Morgan fingerprint density at radius 2 is 2.06 bits per heavy atom. The number of carboxylic acid groups (broad SMARTS) is 1. The number of hydrogen-bond acceptors (Lipinski definition) is 2. The molecule has 1 rings (SSSR count). The van der Waals surface area contributed by atoms with Gasteiger partial charge in [-0.3, -0.25) is 4.79 Å². The number of carboxylic acids is 1. The molecule has 16 heavy (non-hydrogen) atoms. The molecule has 1 amide bonds. The zero-order valence-electron chi connectivity index (χ0n) is 10.2. The lowest BCUT2D eigenvalue weighted by molar-refractivity contribution is -0.148. The Hall–Kier alpha value is -1.06. The average molecular weight is 227 g/mol. The molecule has 0 spiro atoms. The summed E-state index contributed by atoms with van der Waals surface area (Å²) in [6.45, 7) is 5.63. The molecule has 92 valence electrons. The van der Waals surface area contributed by atoms with Gasteiger partial charge < -0.3 is 10.4 Å². The van der Waals surface area contributed by atoms with Crippen LogP contribution in [0.25, 0.3) is 0 Å². The first-order valence-electron chi connectivity index (χ1n) is 5.94. The fourth-order valence-corrected chi connectivity index (χ4v) is 1.79. The van der Waals surface area contributed by atoms with Gasteiger partial charge in [0.2, 0.25) is 5.91 Å². The molecule has 0 aliphatic heterocycles. The lowest BCUT2D eigenvalue weighted by Crippen LogP contribution is -2.54. The van der Waals surface area contributed by atoms with Gasteiger partial charge in [-0.25, -0.2) is 4.79 Å². The Balaban J connectivity index is 2.55. The maximum absolute atomic E-state index is 11.7. The smallest absolute Gasteiger partial charge is 0.329 e. The molecule has 2 N–H and O–H groups in total. The van der Waals surface area contributed by atoms with Crippen molar-refractivity contribution in [1.29, 1.82) is 0 Å². The van der Waals surface area contributed by atoms with Gasteiger partial charge in [0, 0.05) is 6.42 Å². The van der Waals surface area contributed by atoms with Gasteiger partial charge >= 0.3 is 5.97 Å². The van der Waals surface area contributed by atoms with Gasteiger partial charge in [0.05, 0.1) is 0 Å². The average Bonchev–Trinajstić information content (AvgIpc) is 2.99. The molecule has 0 saturated heterocycles. The molecule has 1 aliphatic rings. The zero-order valence-corrected chi connectivity index (χ0v) is 10.2. The molecule has 2 atom stereocenters. The summed E-state index contributed by atoms with van der Waals surface area (Å²) in [5, 5.41) is 11.8. The van der Waals surface area contributed by atoms with E-state index in [1.54, 1.807) is 6.92 Å². The van der Waals surface area contributed by atoms with Gasteiger partial charge in [-0.2, -0.15) is 0 Å². The fourth-order valence-electron chi connectivity index (χ4n) is 1.79. The summed E-state index contributed by atoms with van der Waals surface area (Å²) >= 11 is 0. The molecular formula is C12H21NO3. The van der Waals surface area contributed by atoms with Crippen LogP contribution in [0.5, 0.6) is 0 Å². The molecule has 0 aromatic carbocycles. The van der Waals surface area contributed by atoms with Crippen molar-refractivity contribution in [2.45, 2.75) is 52.0 Å². The van der Waals surface area contributed by atoms with Gasteiger partial charge in [0.25, 0.3) is 0 Å². The van der Waals surface area contributed by atoms with Crippen molar-refractivity contribution in [1.82, 2.24) is 5.32 Å². The molecule has 0 bridgehead atoms. The van der Waals surface area contributed by atoms with E-state index in [2.05, 4.69) is 5.32 Å². The monoisotopic (exact) mass is 227 g/mol. The van der Waals surface area contributed by atoms with Crippen LogP contribution in [0.1, 0.15) is 46.5 Å². The summed E-state index contributed by atoms with van der Waals surface area (Å²) in [5.41, 5.74) is -1.06. The number of carbonyl (C=O) groups excluding carboxylic acids is 1. The molecule has 1 fully saturated rings. The molecular weight excluding hydrogens is 206 g/mol. The molecule has 1 aliphatic carbocycles. The van der Waals surface area contributed by atoms with Crippen LogP contribution in [0.4, 0.5) is 0 Å². The summed E-state index contributed by atoms with van der Waals surface area (Å²) < 4.78 is 0. The molecule has 0 aromatic rings. The number of amides is 1. The molecule has 0 aromatic heterocycles. The molecule has 2 unspecified atom stereocenters. The van der Waals surface area contributed by atoms with Crippen LogP contribution in [-0.2, 0) is 9.59 Å². The highest BCUT2D eigenvalue weighted by molar-refractivity contribution is 5.87. The van der Waals surface area contributed by atoms with E-state index in [0.29, 0.717) is 12.3 Å². The van der Waals surface area contributed by atoms with Crippen LogP contribution in [0.15, 0.2) is 0 Å². The Morgan fingerprint density at radius 1 is 1.50 bits per heavy atom. The third kappa shape index (κ3) is 2.97. The number of nitrogens with one attached hydrogen (secondary N) is 1. The normalized spacial score (nSPS) is 20.9. The Morgan fingerprint density at radius 3 is 2.44 bits per heavy atom. The SMILES string of the molecule is CCC(C)CC(=O)NC(C)(C(=O)O)C1CC1. The van der Waals surface area contributed by atoms with Crippen molar-refractivity contribution in [2.75, 3.05) is 0 Å². The van der Waals surface area contributed by atoms with Gasteiger partial charge in [0.15, 0.2) is 0 Å². The second-order valence-electron chi connectivity index (χ2n) is 5.05. The second-order valence-corrected chi connectivity index (χ2v) is 5.05. The van der Waals surface area contributed by atoms with Crippen LogP contribution in [0, 0.1) is 11.8 Å². The number of carbonyl (C=O) groups is 2. The van der Waals surface area contributed by atoms with E-state index in [4.69, 9.17) is 5.11 Å². The van der Waals surface area contributed by atoms with Crippen molar-refractivity contribution in [2.24, 2.45) is 11.8 Å². The van der Waals surface area contributed by atoms with Gasteiger partial charge in [-0.1, -0.05) is 20.3 Å². The van der Waals surface area contributed by atoms with Crippen LogP contribution < -0.4 is 5.32 Å². The standard InChI is InChI=1S/C12H21NO3/c1-4-8(2)7-10(14)13-12(3,11(15)16)9-5-6-9/h8-9H,4-7H2,1-3H3,(H,13,14)(H,15,16). The highest BCUT2D eigenvalue weighted by atomic mass is 16.4. The van der Waals surface area contributed by atoms with Crippen molar-refractivity contribution >= 4 is 11.9 Å². The molecule has 4 nitrogen and oxygen atoms in total. The van der Waals surface area contributed by atoms with E-state index >= 15 is 0 Å². The largest absolute Gasteiger partial charge is 0.480 e. The third-order valence-electron chi connectivity index (χ3n) is 3.47. The molecule has 0 heterocycles. The minimum atomic E-state index is -1.06. The predicted octanol–water partition coefficient (Wildman–Crippen LogP) is 1.79. The quantitative estimate of drug-likeness (QED) is 0.727. The maximum atomic E-state index is 11.7. The minimum absolute atomic E-state index is 0.103. The Bertz CT molecular complexity index is 286. The number of hydrogen-bond donors (Lipinski definition) is 2. The van der Waals surface area contributed by atoms with E-state index < -0.39 is 11.5 Å². The van der Waals surface area contributed by atoms with Crippen molar-refractivity contribution < 1.29 is 14.7 Å². The van der Waals surface area contributed by atoms with Crippen molar-refractivity contribution in [3.05, 3.63) is 0 Å². The van der Waals surface area contributed by atoms with Gasteiger partial charge in [-0.15, -0.1) is 0 Å². The Kier molecular flexibility index (Phi) is 3.94. The van der Waals surface area contributed by atoms with E-state index in [-0.39, 0.29) is 11.8 Å². The molecule has 0 radical (unpaired) electrons. The molecule has 4 heteroatoms. The van der Waals surface area contributed by atoms with Crippen LogP contribution in [0.3, 0.4) is 0 Å². The maximum Gasteiger partial charge on any atom is 0.329 e. The number of aliphatic carboxylic acids is 1. The van der Waals surface area contributed by atoms with E-state index in [9.17, 15) is 9.59 Å². The van der Waals surface area contributed by atoms with Crippen molar-refractivity contribution in [3.8, 4) is 0 Å². The van der Waals surface area contributed by atoms with Crippen LogP contribution >= 0.6 is 0 Å². The van der Waals surface area contributed by atoms with E-state index in [0.717, 1.165) is 19.3 Å². The topological polar surface area (TPSA) is 66.4 Å². The lowest BCUT2D eigenvalue weighted by Gasteiger charge is -2.26. The number of rotatable bonds is 6. The third-order valence-corrected chi connectivity index (χ3v) is 3.47. The molecule has 1 saturated carbocycles. The van der Waals surface area contributed by atoms with E-state index in [1.165, 1.54) is 0 Å². The first-order chi connectivity index (χ1) is 7.40. The Labute approximate surface area is 96.4 Å². The van der Waals surface area contributed by atoms with Gasteiger partial charge in [0.1, 0.15) is 5.54 Å². The lowest BCUT2D eigenvalue weighted by atomic mass is 9.95. The van der Waals surface area contributed by atoms with Crippen LogP contribution in [-0.4, -0.2) is 22.5 Å². The van der Waals surface area contributed by atoms with Crippen LogP contribution in [0.2, 0.25) is 0 Å². The summed E-state index contributed by atoms with van der Waals surface area (Å²) in [6.07, 6.45) is 3.13. The summed E-state index contributed by atoms with van der Waals surface area (Å²) in [6, 6.07) is 0. The first kappa shape index (κ1) is 13.0. The van der Waals surface area contributed by atoms with E-state index in [1.807, 2.05) is 13.8 Å². The predicted molar refractivity (Wildman–Crippen MR) is 61.0 cm³/mol. The highest BCUT2D eigenvalue weighted by Gasteiger charge is 2.48. The highest BCUT2D eigenvalue weighted by Crippen LogP contribution is 2.39. The minimum Gasteiger partial charge on any atom is -0.480 e.